The van der Waals surface area contributed by atoms with Crippen molar-refractivity contribution in [3.63, 3.8) is 0 Å². The van der Waals surface area contributed by atoms with Crippen LogP contribution in [0.15, 0.2) is 78.2 Å². The van der Waals surface area contributed by atoms with Crippen LogP contribution < -0.4 is 5.32 Å². The van der Waals surface area contributed by atoms with Crippen LogP contribution >= 0.6 is 34.5 Å². The summed E-state index contributed by atoms with van der Waals surface area (Å²) in [5, 5.41) is 16.3. The van der Waals surface area contributed by atoms with E-state index >= 15 is 0 Å². The molecule has 2 heterocycles. The molecule has 0 saturated carbocycles. The molecule has 0 unspecified atom stereocenters. The van der Waals surface area contributed by atoms with E-state index in [4.69, 9.17) is 23.2 Å². The number of aliphatic carboxylic acids is 1. The van der Waals surface area contributed by atoms with E-state index < -0.39 is 12.0 Å². The summed E-state index contributed by atoms with van der Waals surface area (Å²) >= 11 is 14.3. The number of piperidine rings is 1. The van der Waals surface area contributed by atoms with Crippen molar-refractivity contribution in [1.29, 1.82) is 0 Å². The van der Waals surface area contributed by atoms with E-state index in [0.717, 1.165) is 26.8 Å². The molecule has 5 rings (SSSR count). The summed E-state index contributed by atoms with van der Waals surface area (Å²) in [5.74, 6) is -1.67. The van der Waals surface area contributed by atoms with Gasteiger partial charge in [0.1, 0.15) is 0 Å². The van der Waals surface area contributed by atoms with Gasteiger partial charge < -0.3 is 15.3 Å². The predicted octanol–water partition coefficient (Wildman–Crippen LogP) is 7.46. The Morgan fingerprint density at radius 1 is 0.976 bits per heavy atom. The smallest absolute Gasteiger partial charge is 0.305 e. The van der Waals surface area contributed by atoms with Gasteiger partial charge in [0.2, 0.25) is 11.8 Å². The van der Waals surface area contributed by atoms with Gasteiger partial charge in [0.15, 0.2) is 0 Å². The highest BCUT2D eigenvalue weighted by molar-refractivity contribution is 7.18. The Morgan fingerprint density at radius 2 is 1.71 bits per heavy atom. The first kappa shape index (κ1) is 28.9. The van der Waals surface area contributed by atoms with Gasteiger partial charge in [-0.1, -0.05) is 71.7 Å². The van der Waals surface area contributed by atoms with Crippen LogP contribution in [-0.4, -0.2) is 40.9 Å². The summed E-state index contributed by atoms with van der Waals surface area (Å²) in [7, 11) is 0. The molecule has 41 heavy (non-hydrogen) atoms. The molecule has 1 aromatic heterocycles. The van der Waals surface area contributed by atoms with Crippen LogP contribution in [0, 0.1) is 5.92 Å². The van der Waals surface area contributed by atoms with Crippen LogP contribution in [0.1, 0.15) is 36.4 Å². The zero-order valence-corrected chi connectivity index (χ0v) is 24.4. The number of amides is 2. The minimum Gasteiger partial charge on any atom is -0.481 e. The summed E-state index contributed by atoms with van der Waals surface area (Å²) < 4.78 is 0.912. The maximum atomic E-state index is 13.2. The fourth-order valence-electron chi connectivity index (χ4n) is 5.10. The third kappa shape index (κ3) is 6.81. The van der Waals surface area contributed by atoms with Crippen molar-refractivity contribution < 1.29 is 19.5 Å². The van der Waals surface area contributed by atoms with E-state index in [1.165, 1.54) is 17.4 Å². The predicted molar refractivity (Wildman–Crippen MR) is 165 cm³/mol. The molecule has 0 radical (unpaired) electrons. The molecule has 2 amide bonds. The lowest BCUT2D eigenvalue weighted by molar-refractivity contribution is -0.138. The molecule has 2 N–H and O–H groups in total. The quantitative estimate of drug-likeness (QED) is 0.204. The highest BCUT2D eigenvalue weighted by atomic mass is 35.5. The fraction of sp³-hybridized carbons (Fsp3) is 0.219. The SMILES string of the molecule is O=C(O)C[C@@H](NC(=O)C1CCN(C(=O)/C=C/c2cc3ccsc3c(Cl)c2Cl)CC1)c1cccc(-c2ccccc2)c1. The number of nitrogens with zero attached hydrogens (tertiary/aromatic N) is 1. The summed E-state index contributed by atoms with van der Waals surface area (Å²) in [5.41, 5.74) is 3.37. The summed E-state index contributed by atoms with van der Waals surface area (Å²) in [6.45, 7) is 0.846. The first-order valence-electron chi connectivity index (χ1n) is 13.3. The molecule has 1 aliphatic rings. The zero-order chi connectivity index (χ0) is 28.9. The van der Waals surface area contributed by atoms with E-state index in [0.29, 0.717) is 41.5 Å². The second kappa shape index (κ2) is 12.9. The van der Waals surface area contributed by atoms with E-state index in [2.05, 4.69) is 5.32 Å². The number of likely N-dealkylation sites (tertiary alicyclic amines) is 1. The van der Waals surface area contributed by atoms with Crippen molar-refractivity contribution in [2.45, 2.75) is 25.3 Å². The van der Waals surface area contributed by atoms with Gasteiger partial charge in [-0.2, -0.15) is 0 Å². The average molecular weight is 608 g/mol. The van der Waals surface area contributed by atoms with Gasteiger partial charge in [-0.15, -0.1) is 11.3 Å². The second-order valence-electron chi connectivity index (χ2n) is 10.0. The van der Waals surface area contributed by atoms with Crippen molar-refractivity contribution in [2.24, 2.45) is 5.92 Å². The van der Waals surface area contributed by atoms with E-state index in [1.54, 1.807) is 11.0 Å². The number of carbonyl (C=O) groups excluding carboxylic acids is 2. The molecule has 3 aromatic carbocycles. The normalized spacial score (nSPS) is 14.8. The molecule has 9 heteroatoms. The number of carboxylic acids is 1. The molecule has 210 valence electrons. The number of benzene rings is 3. The van der Waals surface area contributed by atoms with Gasteiger partial charge in [0.25, 0.3) is 0 Å². The van der Waals surface area contributed by atoms with Crippen LogP contribution in [0.2, 0.25) is 10.0 Å². The summed E-state index contributed by atoms with van der Waals surface area (Å²) in [6, 6.07) is 20.6. The van der Waals surface area contributed by atoms with Crippen LogP contribution in [0.4, 0.5) is 0 Å². The molecular weight excluding hydrogens is 579 g/mol. The first-order chi connectivity index (χ1) is 19.8. The lowest BCUT2D eigenvalue weighted by atomic mass is 9.93. The molecule has 0 spiro atoms. The highest BCUT2D eigenvalue weighted by Crippen LogP contribution is 2.37. The Kier molecular flexibility index (Phi) is 9.08. The van der Waals surface area contributed by atoms with Crippen molar-refractivity contribution in [1.82, 2.24) is 10.2 Å². The van der Waals surface area contributed by atoms with Crippen molar-refractivity contribution in [2.75, 3.05) is 13.1 Å². The molecular formula is C32H28Cl2N2O4S. The summed E-state index contributed by atoms with van der Waals surface area (Å²) in [6.07, 6.45) is 3.91. The Morgan fingerprint density at radius 3 is 2.44 bits per heavy atom. The van der Waals surface area contributed by atoms with Gasteiger partial charge in [0, 0.05) is 25.1 Å². The number of fused-ring (bicyclic) bond motifs is 1. The van der Waals surface area contributed by atoms with Crippen molar-refractivity contribution in [3.05, 3.63) is 99.4 Å². The largest absolute Gasteiger partial charge is 0.481 e. The number of carboxylic acid groups (broad SMARTS) is 1. The van der Waals surface area contributed by atoms with Crippen LogP contribution in [0.25, 0.3) is 27.3 Å². The zero-order valence-electron chi connectivity index (χ0n) is 22.1. The van der Waals surface area contributed by atoms with Crippen LogP contribution in [0.5, 0.6) is 0 Å². The Labute approximate surface area is 252 Å². The van der Waals surface area contributed by atoms with E-state index in [-0.39, 0.29) is 24.2 Å². The number of rotatable bonds is 8. The molecule has 0 aliphatic carbocycles. The van der Waals surface area contributed by atoms with Gasteiger partial charge in [-0.05, 0) is 70.1 Å². The molecule has 1 aliphatic heterocycles. The van der Waals surface area contributed by atoms with Gasteiger partial charge >= 0.3 is 5.97 Å². The maximum Gasteiger partial charge on any atom is 0.305 e. The van der Waals surface area contributed by atoms with Crippen molar-refractivity contribution in [3.8, 4) is 11.1 Å². The standard InChI is InChI=1S/C32H28Cl2N2O4S/c33-29-24(18-25-13-16-41-31(25)30(29)34)9-10-27(37)36-14-11-21(12-15-36)32(40)35-26(19-28(38)39)23-8-4-7-22(17-23)20-5-2-1-3-6-20/h1-10,13,16-18,21,26H,11-12,14-15,19H2,(H,35,40)(H,38,39)/b10-9+/t26-/m1/s1. The van der Waals surface area contributed by atoms with Crippen LogP contribution in [0.3, 0.4) is 0 Å². The Bertz CT molecular complexity index is 1610. The monoisotopic (exact) mass is 606 g/mol. The number of nitrogens with one attached hydrogen (secondary N) is 1. The number of halogens is 2. The molecule has 1 atom stereocenters. The lowest BCUT2D eigenvalue weighted by Gasteiger charge is -2.31. The maximum absolute atomic E-state index is 13.2. The highest BCUT2D eigenvalue weighted by Gasteiger charge is 2.29. The van der Waals surface area contributed by atoms with Crippen molar-refractivity contribution >= 4 is 68.5 Å². The van der Waals surface area contributed by atoms with E-state index in [1.807, 2.05) is 72.1 Å². The number of hydrogen-bond acceptors (Lipinski definition) is 4. The Hall–Kier alpha value is -3.65. The van der Waals surface area contributed by atoms with Gasteiger partial charge in [-0.3, -0.25) is 14.4 Å². The topological polar surface area (TPSA) is 86.7 Å². The molecule has 1 saturated heterocycles. The number of thiophene rings is 1. The third-order valence-corrected chi connectivity index (χ3v) is 9.27. The molecule has 6 nitrogen and oxygen atoms in total. The average Bonchev–Trinajstić information content (AvgIpc) is 3.47. The molecule has 1 fully saturated rings. The minimum atomic E-state index is -0.993. The third-order valence-electron chi connectivity index (χ3n) is 7.33. The molecule has 0 bridgehead atoms. The summed E-state index contributed by atoms with van der Waals surface area (Å²) in [4.78, 5) is 39.5. The Balaban J connectivity index is 1.21. The number of hydrogen-bond donors (Lipinski definition) is 2. The fourth-order valence-corrected chi connectivity index (χ4v) is 6.54. The molecule has 4 aromatic rings. The van der Waals surface area contributed by atoms with Crippen LogP contribution in [-0.2, 0) is 14.4 Å². The van der Waals surface area contributed by atoms with Gasteiger partial charge in [-0.25, -0.2) is 0 Å². The first-order valence-corrected chi connectivity index (χ1v) is 14.9. The second-order valence-corrected chi connectivity index (χ2v) is 11.7. The lowest BCUT2D eigenvalue weighted by Crippen LogP contribution is -2.43. The number of carbonyl (C=O) groups is 3. The van der Waals surface area contributed by atoms with E-state index in [9.17, 15) is 19.5 Å². The van der Waals surface area contributed by atoms with Gasteiger partial charge in [0.05, 0.1) is 27.2 Å². The minimum absolute atomic E-state index is 0.164.